The molecule has 1 amide bonds. The maximum absolute atomic E-state index is 13.8. The molecule has 4 aromatic rings. The number of rotatable bonds is 7. The molecule has 0 aliphatic heterocycles. The molecule has 0 fully saturated rings. The van der Waals surface area contributed by atoms with Gasteiger partial charge in [-0.1, -0.05) is 47.7 Å². The van der Waals surface area contributed by atoms with Crippen molar-refractivity contribution < 1.29 is 9.53 Å². The van der Waals surface area contributed by atoms with E-state index in [4.69, 9.17) is 9.72 Å². The van der Waals surface area contributed by atoms with Gasteiger partial charge in [-0.15, -0.1) is 12.4 Å². The molecular weight excluding hydrogens is 454 g/mol. The first kappa shape index (κ1) is 24.7. The number of aryl methyl sites for hydroxylation is 2. The minimum Gasteiger partial charge on any atom is -0.457 e. The Morgan fingerprint density at radius 2 is 1.67 bits per heavy atom. The highest BCUT2D eigenvalue weighted by Gasteiger charge is 2.24. The van der Waals surface area contributed by atoms with Crippen molar-refractivity contribution in [1.82, 2.24) is 9.88 Å². The molecule has 0 saturated heterocycles. The molecule has 0 N–H and O–H groups in total. The predicted octanol–water partition coefficient (Wildman–Crippen LogP) is 6.34. The molecule has 0 bridgehead atoms. The Morgan fingerprint density at radius 3 is 2.39 bits per heavy atom. The first-order valence-corrected chi connectivity index (χ1v) is 11.4. The van der Waals surface area contributed by atoms with E-state index < -0.39 is 0 Å². The fraction of sp³-hybridized carbons (Fsp3) is 0.231. The van der Waals surface area contributed by atoms with E-state index in [9.17, 15) is 4.79 Å². The summed E-state index contributed by atoms with van der Waals surface area (Å²) in [5.74, 6) is 1.11. The van der Waals surface area contributed by atoms with E-state index in [1.807, 2.05) is 68.7 Å². The molecule has 7 heteroatoms. The predicted molar refractivity (Wildman–Crippen MR) is 140 cm³/mol. The van der Waals surface area contributed by atoms with E-state index in [2.05, 4.69) is 30.9 Å². The summed E-state index contributed by atoms with van der Waals surface area (Å²) in [4.78, 5) is 22.5. The lowest BCUT2D eigenvalue weighted by Gasteiger charge is -2.23. The molecule has 4 rings (SSSR count). The molecule has 172 valence electrons. The summed E-state index contributed by atoms with van der Waals surface area (Å²) in [5.41, 5.74) is 3.78. The lowest BCUT2D eigenvalue weighted by molar-refractivity contribution is 0.0983. The van der Waals surface area contributed by atoms with E-state index >= 15 is 0 Å². The van der Waals surface area contributed by atoms with Crippen molar-refractivity contribution in [3.8, 4) is 11.5 Å². The Hall–Kier alpha value is -2.93. The second-order valence-corrected chi connectivity index (χ2v) is 9.11. The zero-order valence-electron chi connectivity index (χ0n) is 19.2. The summed E-state index contributed by atoms with van der Waals surface area (Å²) in [6, 6.07) is 21.2. The number of likely N-dealkylation sites (N-methyl/N-ethyl adjacent to an activating group) is 1. The molecule has 1 heterocycles. The second-order valence-electron chi connectivity index (χ2n) is 8.10. The van der Waals surface area contributed by atoms with Crippen LogP contribution in [0.25, 0.3) is 10.2 Å². The Morgan fingerprint density at radius 1 is 0.970 bits per heavy atom. The van der Waals surface area contributed by atoms with Gasteiger partial charge in [-0.3, -0.25) is 9.69 Å². The number of carbonyl (C=O) groups excluding carboxylic acids is 1. The number of fused-ring (bicyclic) bond motifs is 1. The molecular formula is C26H28ClN3O2S. The average molecular weight is 482 g/mol. The molecule has 0 saturated carbocycles. The summed E-state index contributed by atoms with van der Waals surface area (Å²) < 4.78 is 7.15. The van der Waals surface area contributed by atoms with Gasteiger partial charge in [0.2, 0.25) is 0 Å². The largest absolute Gasteiger partial charge is 0.457 e. The lowest BCUT2D eigenvalue weighted by atomic mass is 10.1. The second kappa shape index (κ2) is 10.8. The third kappa shape index (κ3) is 5.71. The van der Waals surface area contributed by atoms with Gasteiger partial charge in [0, 0.05) is 13.1 Å². The van der Waals surface area contributed by atoms with Gasteiger partial charge in [-0.25, -0.2) is 4.98 Å². The first-order chi connectivity index (χ1) is 15.4. The van der Waals surface area contributed by atoms with E-state index in [0.717, 1.165) is 22.3 Å². The van der Waals surface area contributed by atoms with Crippen LogP contribution in [0.2, 0.25) is 0 Å². The monoisotopic (exact) mass is 481 g/mol. The highest BCUT2D eigenvalue weighted by Crippen LogP contribution is 2.34. The first-order valence-electron chi connectivity index (χ1n) is 10.6. The number of amides is 1. The number of thiazole rings is 1. The topological polar surface area (TPSA) is 45.7 Å². The van der Waals surface area contributed by atoms with Gasteiger partial charge in [0.15, 0.2) is 5.13 Å². The van der Waals surface area contributed by atoms with Crippen LogP contribution in [0.15, 0.2) is 66.7 Å². The van der Waals surface area contributed by atoms with Crippen LogP contribution in [0.4, 0.5) is 5.13 Å². The third-order valence-corrected chi connectivity index (χ3v) is 6.18. The van der Waals surface area contributed by atoms with E-state index in [-0.39, 0.29) is 18.3 Å². The van der Waals surface area contributed by atoms with Crippen LogP contribution in [0.5, 0.6) is 11.5 Å². The third-order valence-electron chi connectivity index (χ3n) is 5.15. The van der Waals surface area contributed by atoms with Crippen molar-refractivity contribution >= 4 is 45.0 Å². The maximum Gasteiger partial charge on any atom is 0.263 e. The van der Waals surface area contributed by atoms with Crippen LogP contribution >= 0.6 is 23.7 Å². The quantitative estimate of drug-likeness (QED) is 0.309. The molecule has 0 radical (unpaired) electrons. The number of halogens is 1. The van der Waals surface area contributed by atoms with Crippen molar-refractivity contribution in [3.63, 3.8) is 0 Å². The van der Waals surface area contributed by atoms with Crippen molar-refractivity contribution in [1.29, 1.82) is 0 Å². The molecule has 0 unspecified atom stereocenters. The Bertz CT molecular complexity index is 1240. The van der Waals surface area contributed by atoms with Crippen LogP contribution in [0.3, 0.4) is 0 Å². The van der Waals surface area contributed by atoms with Crippen molar-refractivity contribution in [2.24, 2.45) is 0 Å². The Labute approximate surface area is 205 Å². The van der Waals surface area contributed by atoms with Gasteiger partial charge in [0.05, 0.1) is 15.8 Å². The molecule has 0 spiro atoms. The number of hydrogen-bond donors (Lipinski definition) is 0. The number of ether oxygens (including phenoxy) is 1. The Balaban J connectivity index is 0.00000306. The number of hydrogen-bond acceptors (Lipinski definition) is 5. The van der Waals surface area contributed by atoms with Crippen LogP contribution < -0.4 is 9.64 Å². The van der Waals surface area contributed by atoms with E-state index in [1.54, 1.807) is 16.2 Å². The number of anilines is 1. The lowest BCUT2D eigenvalue weighted by Crippen LogP contribution is -2.36. The fourth-order valence-corrected chi connectivity index (χ4v) is 4.72. The Kier molecular flexibility index (Phi) is 8.08. The summed E-state index contributed by atoms with van der Waals surface area (Å²) in [7, 11) is 4.00. The van der Waals surface area contributed by atoms with Crippen molar-refractivity contribution in [3.05, 3.63) is 83.4 Å². The van der Waals surface area contributed by atoms with Crippen molar-refractivity contribution in [2.45, 2.75) is 13.8 Å². The number of para-hydroxylation sites is 2. The molecule has 0 aliphatic rings. The summed E-state index contributed by atoms with van der Waals surface area (Å²) >= 11 is 1.55. The van der Waals surface area contributed by atoms with E-state index in [0.29, 0.717) is 28.7 Å². The van der Waals surface area contributed by atoms with Gasteiger partial charge in [-0.05, 0) is 69.4 Å². The highest BCUT2D eigenvalue weighted by atomic mass is 35.5. The van der Waals surface area contributed by atoms with Crippen LogP contribution in [-0.4, -0.2) is 43.0 Å². The van der Waals surface area contributed by atoms with E-state index in [1.165, 1.54) is 5.56 Å². The minimum atomic E-state index is -0.119. The van der Waals surface area contributed by atoms with Crippen LogP contribution in [-0.2, 0) is 0 Å². The van der Waals surface area contributed by atoms with Crippen LogP contribution in [0, 0.1) is 13.8 Å². The smallest absolute Gasteiger partial charge is 0.263 e. The number of aromatic nitrogens is 1. The van der Waals surface area contributed by atoms with Crippen molar-refractivity contribution in [2.75, 3.05) is 32.1 Å². The van der Waals surface area contributed by atoms with Gasteiger partial charge < -0.3 is 9.64 Å². The zero-order valence-corrected chi connectivity index (χ0v) is 20.9. The highest BCUT2D eigenvalue weighted by molar-refractivity contribution is 7.22. The minimum absolute atomic E-state index is 0. The molecule has 3 aromatic carbocycles. The number of carbonyl (C=O) groups is 1. The van der Waals surface area contributed by atoms with Crippen LogP contribution in [0.1, 0.15) is 21.5 Å². The average Bonchev–Trinajstić information content (AvgIpc) is 3.18. The zero-order chi connectivity index (χ0) is 22.7. The van der Waals surface area contributed by atoms with Gasteiger partial charge in [0.25, 0.3) is 5.91 Å². The summed E-state index contributed by atoms with van der Waals surface area (Å²) in [6.07, 6.45) is 0. The summed E-state index contributed by atoms with van der Waals surface area (Å²) in [6.45, 7) is 5.40. The standard InChI is InChI=1S/C26H27N3O2S.ClH/c1-18-16-19(2)24-23(17-18)32-26(27-24)29(15-14-28(3)4)25(30)21-12-8-9-13-22(21)31-20-10-6-5-7-11-20;/h5-13,16-17H,14-15H2,1-4H3;1H. The molecule has 5 nitrogen and oxygen atoms in total. The van der Waals surface area contributed by atoms with Gasteiger partial charge in [0.1, 0.15) is 11.5 Å². The molecule has 1 aromatic heterocycles. The fourth-order valence-electron chi connectivity index (χ4n) is 3.55. The normalized spacial score (nSPS) is 10.8. The summed E-state index contributed by atoms with van der Waals surface area (Å²) in [5, 5.41) is 0.704. The number of nitrogens with zero attached hydrogens (tertiary/aromatic N) is 3. The maximum atomic E-state index is 13.8. The SMILES string of the molecule is Cc1cc(C)c2nc(N(CCN(C)C)C(=O)c3ccccc3Oc3ccccc3)sc2c1.Cl. The van der Waals surface area contributed by atoms with Gasteiger partial charge >= 0.3 is 0 Å². The molecule has 0 atom stereocenters. The molecule has 33 heavy (non-hydrogen) atoms. The number of benzene rings is 3. The van der Waals surface area contributed by atoms with Gasteiger partial charge in [-0.2, -0.15) is 0 Å². The molecule has 0 aliphatic carbocycles.